The van der Waals surface area contributed by atoms with Crippen molar-refractivity contribution >= 4 is 34.0 Å². The molecule has 0 fully saturated rings. The van der Waals surface area contributed by atoms with Crippen molar-refractivity contribution in [2.75, 3.05) is 5.32 Å². The number of carbonyl (C=O) groups is 1. The van der Waals surface area contributed by atoms with Crippen LogP contribution in [0.2, 0.25) is 5.02 Å². The highest BCUT2D eigenvalue weighted by atomic mass is 35.5. The lowest BCUT2D eigenvalue weighted by Gasteiger charge is -2.06. The third-order valence-corrected chi connectivity index (χ3v) is 4.89. The molecular weight excluding hydrogens is 362 g/mol. The van der Waals surface area contributed by atoms with E-state index in [2.05, 4.69) is 15.5 Å². The van der Waals surface area contributed by atoms with Crippen LogP contribution in [0.25, 0.3) is 0 Å². The number of nitrogens with one attached hydrogen (secondary N) is 1. The van der Waals surface area contributed by atoms with Crippen LogP contribution >= 0.6 is 22.9 Å². The minimum Gasteiger partial charge on any atom is -0.489 e. The van der Waals surface area contributed by atoms with Gasteiger partial charge < -0.3 is 9.26 Å². The number of hydrogen-bond donors (Lipinski definition) is 1. The first-order valence-corrected chi connectivity index (χ1v) is 8.72. The zero-order valence-corrected chi connectivity index (χ0v) is 15.5. The Kier molecular flexibility index (Phi) is 5.06. The number of carbonyl (C=O) groups excluding carboxylic acids is 1. The van der Waals surface area contributed by atoms with E-state index < -0.39 is 0 Å². The third kappa shape index (κ3) is 4.00. The number of rotatable bonds is 5. The molecule has 6 nitrogen and oxygen atoms in total. The predicted octanol–water partition coefficient (Wildman–Crippen LogP) is 4.54. The number of aromatic nitrogens is 2. The largest absolute Gasteiger partial charge is 0.489 e. The van der Waals surface area contributed by atoms with Crippen molar-refractivity contribution in [3.05, 3.63) is 56.9 Å². The van der Waals surface area contributed by atoms with Crippen LogP contribution in [0.3, 0.4) is 0 Å². The molecule has 3 aromatic rings. The molecule has 130 valence electrons. The topological polar surface area (TPSA) is 77.3 Å². The minimum absolute atomic E-state index is 0.162. The van der Waals surface area contributed by atoms with Crippen molar-refractivity contribution in [3.63, 3.8) is 0 Å². The summed E-state index contributed by atoms with van der Waals surface area (Å²) in [5.74, 6) is 0.799. The first kappa shape index (κ1) is 17.4. The summed E-state index contributed by atoms with van der Waals surface area (Å²) in [4.78, 5) is 17.8. The standard InChI is InChI=1S/C17H16ClN3O3S/c1-9-11(3)25-17(19-9)20-16(22)15-14(10(2)24-21-15)8-23-13-6-4-12(18)5-7-13/h4-7H,8H2,1-3H3,(H,19,20,22). The van der Waals surface area contributed by atoms with Crippen molar-refractivity contribution in [1.82, 2.24) is 10.1 Å². The molecule has 0 aliphatic carbocycles. The van der Waals surface area contributed by atoms with E-state index in [1.165, 1.54) is 11.3 Å². The molecule has 0 unspecified atom stereocenters. The van der Waals surface area contributed by atoms with Gasteiger partial charge in [-0.05, 0) is 45.0 Å². The summed E-state index contributed by atoms with van der Waals surface area (Å²) in [5.41, 5.74) is 1.68. The number of amides is 1. The Hall–Kier alpha value is -2.38. The summed E-state index contributed by atoms with van der Waals surface area (Å²) >= 11 is 7.27. The highest BCUT2D eigenvalue weighted by Gasteiger charge is 2.21. The molecule has 0 spiro atoms. The van der Waals surface area contributed by atoms with E-state index in [0.717, 1.165) is 10.6 Å². The smallest absolute Gasteiger partial charge is 0.280 e. The van der Waals surface area contributed by atoms with Gasteiger partial charge in [-0.25, -0.2) is 4.98 Å². The number of halogens is 1. The molecule has 1 amide bonds. The van der Waals surface area contributed by atoms with E-state index in [1.54, 1.807) is 31.2 Å². The third-order valence-electron chi connectivity index (χ3n) is 3.65. The quantitative estimate of drug-likeness (QED) is 0.706. The second-order valence-corrected chi connectivity index (χ2v) is 7.06. The van der Waals surface area contributed by atoms with E-state index in [4.69, 9.17) is 20.9 Å². The molecular formula is C17H16ClN3O3S. The Balaban J connectivity index is 1.74. The molecule has 0 atom stereocenters. The monoisotopic (exact) mass is 377 g/mol. The SMILES string of the molecule is Cc1nc(NC(=O)c2noc(C)c2COc2ccc(Cl)cc2)sc1C. The Bertz CT molecular complexity index is 883. The average Bonchev–Trinajstić information content (AvgIpc) is 3.09. The summed E-state index contributed by atoms with van der Waals surface area (Å²) in [6.45, 7) is 5.75. The maximum absolute atomic E-state index is 12.5. The summed E-state index contributed by atoms with van der Waals surface area (Å²) in [6.07, 6.45) is 0. The molecule has 3 rings (SSSR count). The van der Waals surface area contributed by atoms with Crippen LogP contribution in [-0.4, -0.2) is 16.0 Å². The Morgan fingerprint density at radius 1 is 1.28 bits per heavy atom. The maximum atomic E-state index is 12.5. The minimum atomic E-state index is -0.375. The normalized spacial score (nSPS) is 10.7. The molecule has 0 aliphatic rings. The number of nitrogens with zero attached hydrogens (tertiary/aromatic N) is 2. The molecule has 8 heteroatoms. The predicted molar refractivity (Wildman–Crippen MR) is 96.6 cm³/mol. The fraction of sp³-hybridized carbons (Fsp3) is 0.235. The zero-order valence-electron chi connectivity index (χ0n) is 13.9. The van der Waals surface area contributed by atoms with Gasteiger partial charge >= 0.3 is 0 Å². The van der Waals surface area contributed by atoms with E-state index in [0.29, 0.717) is 27.2 Å². The Morgan fingerprint density at radius 2 is 2.00 bits per heavy atom. The van der Waals surface area contributed by atoms with E-state index >= 15 is 0 Å². The van der Waals surface area contributed by atoms with Crippen LogP contribution in [0.15, 0.2) is 28.8 Å². The van der Waals surface area contributed by atoms with Gasteiger partial charge in [-0.15, -0.1) is 11.3 Å². The van der Waals surface area contributed by atoms with E-state index in [9.17, 15) is 4.79 Å². The lowest BCUT2D eigenvalue weighted by Crippen LogP contribution is -2.15. The van der Waals surface area contributed by atoms with Crippen molar-refractivity contribution < 1.29 is 14.1 Å². The van der Waals surface area contributed by atoms with Crippen LogP contribution < -0.4 is 10.1 Å². The first-order valence-electron chi connectivity index (χ1n) is 7.53. The molecule has 0 radical (unpaired) electrons. The molecule has 0 aliphatic heterocycles. The summed E-state index contributed by atoms with van der Waals surface area (Å²) in [7, 11) is 0. The maximum Gasteiger partial charge on any atom is 0.280 e. The van der Waals surface area contributed by atoms with Gasteiger partial charge in [-0.2, -0.15) is 0 Å². The molecule has 25 heavy (non-hydrogen) atoms. The lowest BCUT2D eigenvalue weighted by atomic mass is 10.2. The second kappa shape index (κ2) is 7.25. The molecule has 1 N–H and O–H groups in total. The van der Waals surface area contributed by atoms with Crippen molar-refractivity contribution in [1.29, 1.82) is 0 Å². The Labute approximate surface area is 153 Å². The highest BCUT2D eigenvalue weighted by Crippen LogP contribution is 2.23. The molecule has 0 saturated heterocycles. The van der Waals surface area contributed by atoms with Gasteiger partial charge in [0.1, 0.15) is 18.1 Å². The summed E-state index contributed by atoms with van der Waals surface area (Å²) in [6, 6.07) is 6.98. The Morgan fingerprint density at radius 3 is 2.64 bits per heavy atom. The van der Waals surface area contributed by atoms with Crippen molar-refractivity contribution in [2.45, 2.75) is 27.4 Å². The molecule has 2 heterocycles. The second-order valence-electron chi connectivity index (χ2n) is 5.42. The molecule has 0 saturated carbocycles. The van der Waals surface area contributed by atoms with Crippen LogP contribution in [-0.2, 0) is 6.61 Å². The van der Waals surface area contributed by atoms with Crippen molar-refractivity contribution in [3.8, 4) is 5.75 Å². The number of thiazole rings is 1. The lowest BCUT2D eigenvalue weighted by molar-refractivity contribution is 0.101. The zero-order chi connectivity index (χ0) is 18.0. The number of hydrogen-bond acceptors (Lipinski definition) is 6. The van der Waals surface area contributed by atoms with E-state index in [1.807, 2.05) is 13.8 Å². The number of benzene rings is 1. The first-order chi connectivity index (χ1) is 11.9. The van der Waals surface area contributed by atoms with Gasteiger partial charge in [0.25, 0.3) is 5.91 Å². The summed E-state index contributed by atoms with van der Waals surface area (Å²) < 4.78 is 10.9. The number of ether oxygens (including phenoxy) is 1. The number of aryl methyl sites for hydroxylation is 3. The average molecular weight is 378 g/mol. The molecule has 1 aromatic carbocycles. The fourth-order valence-corrected chi connectivity index (χ4v) is 3.04. The van der Waals surface area contributed by atoms with Crippen LogP contribution in [0.5, 0.6) is 5.75 Å². The molecule has 2 aromatic heterocycles. The van der Waals surface area contributed by atoms with Gasteiger partial charge in [-0.3, -0.25) is 10.1 Å². The van der Waals surface area contributed by atoms with Crippen LogP contribution in [0.1, 0.15) is 32.4 Å². The van der Waals surface area contributed by atoms with Crippen molar-refractivity contribution in [2.24, 2.45) is 0 Å². The van der Waals surface area contributed by atoms with Gasteiger partial charge in [-0.1, -0.05) is 16.8 Å². The van der Waals surface area contributed by atoms with E-state index in [-0.39, 0.29) is 18.2 Å². The highest BCUT2D eigenvalue weighted by molar-refractivity contribution is 7.15. The van der Waals surface area contributed by atoms with Gasteiger partial charge in [0.2, 0.25) is 0 Å². The van der Waals surface area contributed by atoms with Gasteiger partial charge in [0, 0.05) is 9.90 Å². The van der Waals surface area contributed by atoms with Gasteiger partial charge in [0.15, 0.2) is 10.8 Å². The van der Waals surface area contributed by atoms with Crippen LogP contribution in [0.4, 0.5) is 5.13 Å². The van der Waals surface area contributed by atoms with Crippen LogP contribution in [0, 0.1) is 20.8 Å². The van der Waals surface area contributed by atoms with Gasteiger partial charge in [0.05, 0.1) is 11.3 Å². The fourth-order valence-electron chi connectivity index (χ4n) is 2.11. The summed E-state index contributed by atoms with van der Waals surface area (Å²) in [5, 5.41) is 7.77. The number of anilines is 1. The molecule has 0 bridgehead atoms.